The molecule has 1 heterocycles. The largest absolute Gasteiger partial charge is 0.508 e. The van der Waals surface area contributed by atoms with Gasteiger partial charge in [-0.1, -0.05) is 31.2 Å². The summed E-state index contributed by atoms with van der Waals surface area (Å²) >= 11 is 0. The molecular formula is C24H37N3O4. The first-order chi connectivity index (χ1) is 14.3. The molecule has 1 aromatic rings. The molecule has 0 aromatic heterocycles. The number of amides is 2. The van der Waals surface area contributed by atoms with Crippen molar-refractivity contribution >= 4 is 11.8 Å². The molecule has 7 heteroatoms. The maximum atomic E-state index is 12.8. The van der Waals surface area contributed by atoms with Gasteiger partial charge in [-0.3, -0.25) is 9.59 Å². The highest BCUT2D eigenvalue weighted by Crippen LogP contribution is 2.36. The number of benzene rings is 1. The Labute approximate surface area is 185 Å². The highest BCUT2D eigenvalue weighted by atomic mass is 16.5. The molecule has 1 aliphatic heterocycles. The molecule has 1 aromatic carbocycles. The second-order valence-electron chi connectivity index (χ2n) is 9.90. The van der Waals surface area contributed by atoms with Crippen molar-refractivity contribution in [1.29, 1.82) is 0 Å². The van der Waals surface area contributed by atoms with Crippen LogP contribution in [-0.2, 0) is 16.0 Å². The number of hydrogen-bond donors (Lipinski definition) is 4. The van der Waals surface area contributed by atoms with Crippen molar-refractivity contribution in [3.05, 3.63) is 42.0 Å². The average molecular weight is 432 g/mol. The summed E-state index contributed by atoms with van der Waals surface area (Å²) in [5, 5.41) is 27.3. The molecule has 1 aliphatic rings. The molecule has 0 bridgehead atoms. The Kier molecular flexibility index (Phi) is 7.89. The third-order valence-corrected chi connectivity index (χ3v) is 5.81. The van der Waals surface area contributed by atoms with Gasteiger partial charge in [0.1, 0.15) is 5.75 Å². The van der Waals surface area contributed by atoms with E-state index in [1.807, 2.05) is 58.9 Å². The zero-order valence-electron chi connectivity index (χ0n) is 19.5. The van der Waals surface area contributed by atoms with Crippen molar-refractivity contribution in [3.63, 3.8) is 0 Å². The molecule has 2 atom stereocenters. The van der Waals surface area contributed by atoms with E-state index < -0.39 is 11.1 Å². The Morgan fingerprint density at radius 1 is 1.13 bits per heavy atom. The quantitative estimate of drug-likeness (QED) is 0.497. The monoisotopic (exact) mass is 431 g/mol. The van der Waals surface area contributed by atoms with Gasteiger partial charge >= 0.3 is 0 Å². The van der Waals surface area contributed by atoms with Gasteiger partial charge in [-0.25, -0.2) is 0 Å². The molecule has 1 fully saturated rings. The molecule has 4 N–H and O–H groups in total. The van der Waals surface area contributed by atoms with Gasteiger partial charge in [0.05, 0.1) is 12.0 Å². The Bertz CT molecular complexity index is 784. The van der Waals surface area contributed by atoms with Crippen LogP contribution in [0.15, 0.2) is 36.4 Å². The van der Waals surface area contributed by atoms with E-state index in [9.17, 15) is 19.9 Å². The van der Waals surface area contributed by atoms with E-state index in [2.05, 4.69) is 10.6 Å². The number of carbonyl (C=O) groups is 2. The Balaban J connectivity index is 2.01. The van der Waals surface area contributed by atoms with Crippen molar-refractivity contribution in [2.75, 3.05) is 0 Å². The van der Waals surface area contributed by atoms with Crippen LogP contribution in [0.3, 0.4) is 0 Å². The third kappa shape index (κ3) is 7.08. The first-order valence-corrected chi connectivity index (χ1v) is 10.8. The van der Waals surface area contributed by atoms with Gasteiger partial charge in [-0.05, 0) is 64.7 Å². The van der Waals surface area contributed by atoms with Crippen LogP contribution in [0.25, 0.3) is 0 Å². The first kappa shape index (κ1) is 24.9. The predicted octanol–water partition coefficient (Wildman–Crippen LogP) is 3.16. The van der Waals surface area contributed by atoms with E-state index in [0.29, 0.717) is 19.3 Å². The van der Waals surface area contributed by atoms with Crippen molar-refractivity contribution in [2.45, 2.75) is 84.0 Å². The maximum absolute atomic E-state index is 12.8. The van der Waals surface area contributed by atoms with Gasteiger partial charge in [0.2, 0.25) is 11.8 Å². The van der Waals surface area contributed by atoms with Gasteiger partial charge in [0.25, 0.3) is 0 Å². The summed E-state index contributed by atoms with van der Waals surface area (Å²) in [7, 11) is 0. The summed E-state index contributed by atoms with van der Waals surface area (Å²) in [6.45, 7) is 11.2. The number of phenols is 1. The summed E-state index contributed by atoms with van der Waals surface area (Å²) < 4.78 is 0. The van der Waals surface area contributed by atoms with Crippen molar-refractivity contribution in [3.8, 4) is 5.75 Å². The lowest BCUT2D eigenvalue weighted by atomic mass is 9.79. The third-order valence-electron chi connectivity index (χ3n) is 5.81. The average Bonchev–Trinajstić information content (AvgIpc) is 2.64. The normalized spacial score (nSPS) is 20.9. The Morgan fingerprint density at radius 2 is 1.68 bits per heavy atom. The van der Waals surface area contributed by atoms with E-state index in [4.69, 9.17) is 0 Å². The number of hydrogen-bond acceptors (Lipinski definition) is 5. The minimum absolute atomic E-state index is 0.0279. The SMILES string of the molecule is CC(=O)N[C@H](/C=C/[C@H](C)C(=O)NC1CC(C)(C)N(O)C(C)(C)C1)Cc1ccc(O)cc1. The molecule has 0 spiro atoms. The van der Waals surface area contributed by atoms with Gasteiger partial charge in [0.15, 0.2) is 0 Å². The number of nitrogens with zero attached hydrogens (tertiary/aromatic N) is 1. The predicted molar refractivity (Wildman–Crippen MR) is 121 cm³/mol. The lowest BCUT2D eigenvalue weighted by molar-refractivity contribution is -0.246. The molecule has 1 saturated heterocycles. The Hall–Kier alpha value is -2.38. The number of piperidine rings is 1. The summed E-state index contributed by atoms with van der Waals surface area (Å²) in [6.07, 6.45) is 5.54. The number of rotatable bonds is 7. The summed E-state index contributed by atoms with van der Waals surface area (Å²) in [6, 6.07) is 6.56. The first-order valence-electron chi connectivity index (χ1n) is 10.8. The number of phenolic OH excluding ortho intramolecular Hbond substituents is 1. The minimum atomic E-state index is -0.431. The van der Waals surface area contributed by atoms with E-state index in [1.165, 1.54) is 12.0 Å². The fourth-order valence-electron chi connectivity index (χ4n) is 4.41. The van der Waals surface area contributed by atoms with Crippen LogP contribution in [-0.4, -0.2) is 50.4 Å². The van der Waals surface area contributed by atoms with Crippen LogP contribution in [0, 0.1) is 5.92 Å². The van der Waals surface area contributed by atoms with Gasteiger partial charge in [-0.2, -0.15) is 5.06 Å². The smallest absolute Gasteiger partial charge is 0.226 e. The number of hydroxylamine groups is 2. The molecular weight excluding hydrogens is 394 g/mol. The highest BCUT2D eigenvalue weighted by Gasteiger charge is 2.45. The van der Waals surface area contributed by atoms with Crippen molar-refractivity contribution in [1.82, 2.24) is 15.7 Å². The zero-order chi connectivity index (χ0) is 23.4. The molecule has 0 radical (unpaired) electrons. The fourth-order valence-corrected chi connectivity index (χ4v) is 4.41. The highest BCUT2D eigenvalue weighted by molar-refractivity contribution is 5.80. The second-order valence-corrected chi connectivity index (χ2v) is 9.90. The van der Waals surface area contributed by atoms with Crippen molar-refractivity contribution < 1.29 is 19.9 Å². The lowest BCUT2D eigenvalue weighted by Crippen LogP contribution is -2.63. The van der Waals surface area contributed by atoms with E-state index in [0.717, 1.165) is 5.56 Å². The molecule has 2 rings (SSSR count). The molecule has 0 aliphatic carbocycles. The van der Waals surface area contributed by atoms with Gasteiger partial charge in [-0.15, -0.1) is 0 Å². The van der Waals surface area contributed by atoms with Crippen LogP contribution >= 0.6 is 0 Å². The van der Waals surface area contributed by atoms with Crippen LogP contribution in [0.5, 0.6) is 5.75 Å². The molecule has 2 amide bonds. The van der Waals surface area contributed by atoms with Crippen molar-refractivity contribution in [2.24, 2.45) is 5.92 Å². The standard InChI is InChI=1S/C24H37N3O4/c1-16(22(30)26-20-14-23(3,4)27(31)24(5,6)15-20)7-10-19(25-17(2)28)13-18-8-11-21(29)12-9-18/h7-12,16,19-20,29,31H,13-15H2,1-6H3,(H,25,28)(H,26,30)/b10-7+/t16-,19+/m0/s1. The molecule has 31 heavy (non-hydrogen) atoms. The summed E-state index contributed by atoms with van der Waals surface area (Å²) in [5.41, 5.74) is 0.109. The van der Waals surface area contributed by atoms with E-state index >= 15 is 0 Å². The number of aromatic hydroxyl groups is 1. The van der Waals surface area contributed by atoms with Gasteiger partial charge in [0, 0.05) is 24.0 Å². The number of carbonyl (C=O) groups excluding carboxylic acids is 2. The lowest BCUT2D eigenvalue weighted by Gasteiger charge is -2.51. The summed E-state index contributed by atoms with van der Waals surface area (Å²) in [4.78, 5) is 24.4. The molecule has 0 unspecified atom stereocenters. The molecule has 7 nitrogen and oxygen atoms in total. The van der Waals surface area contributed by atoms with E-state index in [1.54, 1.807) is 12.1 Å². The maximum Gasteiger partial charge on any atom is 0.226 e. The fraction of sp³-hybridized carbons (Fsp3) is 0.583. The number of nitrogens with one attached hydrogen (secondary N) is 2. The minimum Gasteiger partial charge on any atom is -0.508 e. The van der Waals surface area contributed by atoms with Crippen LogP contribution in [0.1, 0.15) is 59.9 Å². The summed E-state index contributed by atoms with van der Waals surface area (Å²) in [5.74, 6) is -0.398. The molecule has 172 valence electrons. The van der Waals surface area contributed by atoms with Gasteiger partial charge < -0.3 is 20.9 Å². The molecule has 0 saturated carbocycles. The van der Waals surface area contributed by atoms with E-state index in [-0.39, 0.29) is 35.6 Å². The second kappa shape index (κ2) is 9.83. The topological polar surface area (TPSA) is 102 Å². The zero-order valence-corrected chi connectivity index (χ0v) is 19.5. The van der Waals surface area contributed by atoms with Crippen LogP contribution < -0.4 is 10.6 Å². The van der Waals surface area contributed by atoms with Crippen LogP contribution in [0.4, 0.5) is 0 Å². The Morgan fingerprint density at radius 3 is 2.19 bits per heavy atom. The van der Waals surface area contributed by atoms with Crippen LogP contribution in [0.2, 0.25) is 0 Å².